The van der Waals surface area contributed by atoms with Crippen LogP contribution in [-0.4, -0.2) is 32.4 Å². The minimum atomic E-state index is -0.387. The van der Waals surface area contributed by atoms with E-state index in [0.717, 1.165) is 3.57 Å². The summed E-state index contributed by atoms with van der Waals surface area (Å²) < 4.78 is 36.6. The fraction of sp³-hybridized carbons (Fsp3) is 0.231. The highest BCUT2D eigenvalue weighted by Crippen LogP contribution is 2.34. The highest BCUT2D eigenvalue weighted by molar-refractivity contribution is 14.1. The predicted molar refractivity (Wildman–Crippen MR) is 140 cm³/mol. The molecule has 7 nitrogen and oxygen atoms in total. The van der Waals surface area contributed by atoms with Gasteiger partial charge in [0.2, 0.25) is 0 Å². The van der Waals surface area contributed by atoms with E-state index in [1.54, 1.807) is 36.4 Å². The molecule has 0 aliphatic rings. The second-order valence-electron chi connectivity index (χ2n) is 7.18. The van der Waals surface area contributed by atoms with Gasteiger partial charge in [-0.2, -0.15) is 5.10 Å². The van der Waals surface area contributed by atoms with E-state index in [2.05, 4.69) is 33.1 Å². The summed E-state index contributed by atoms with van der Waals surface area (Å²) in [5.74, 6) is 1.41. The van der Waals surface area contributed by atoms with Crippen LogP contribution in [0.3, 0.4) is 0 Å². The van der Waals surface area contributed by atoms with E-state index in [-0.39, 0.29) is 18.3 Å². The molecule has 0 saturated heterocycles. The van der Waals surface area contributed by atoms with Gasteiger partial charge in [-0.25, -0.2) is 9.82 Å². The molecular weight excluding hydrogens is 566 g/mol. The van der Waals surface area contributed by atoms with E-state index >= 15 is 0 Å². The lowest BCUT2D eigenvalue weighted by atomic mass is 10.2. The number of carbonyl (C=O) groups is 1. The normalized spacial score (nSPS) is 10.8. The van der Waals surface area contributed by atoms with Gasteiger partial charge in [0.15, 0.2) is 23.0 Å². The minimum absolute atomic E-state index is 0.194. The summed E-state index contributed by atoms with van der Waals surface area (Å²) in [7, 11) is 1.53. The lowest BCUT2D eigenvalue weighted by Crippen LogP contribution is -2.17. The number of amides is 1. The van der Waals surface area contributed by atoms with Crippen molar-refractivity contribution in [1.82, 2.24) is 5.43 Å². The number of benzene rings is 3. The predicted octanol–water partition coefficient (Wildman–Crippen LogP) is 5.58. The fourth-order valence-electron chi connectivity index (χ4n) is 3.16. The van der Waals surface area contributed by atoms with Gasteiger partial charge in [-0.3, -0.25) is 4.79 Å². The van der Waals surface area contributed by atoms with Crippen molar-refractivity contribution in [3.63, 3.8) is 0 Å². The Bertz CT molecular complexity index is 1200. The first-order chi connectivity index (χ1) is 16.9. The average molecular weight is 592 g/mol. The average Bonchev–Trinajstić information content (AvgIpc) is 2.84. The van der Waals surface area contributed by atoms with Crippen molar-refractivity contribution in [2.75, 3.05) is 20.3 Å². The van der Waals surface area contributed by atoms with Crippen LogP contribution in [0.25, 0.3) is 0 Å². The van der Waals surface area contributed by atoms with Crippen LogP contribution in [0.4, 0.5) is 4.39 Å². The number of rotatable bonds is 11. The molecule has 3 aromatic carbocycles. The number of halogens is 2. The molecule has 0 spiro atoms. The molecule has 0 heterocycles. The number of nitrogens with one attached hydrogen (secondary N) is 1. The summed E-state index contributed by atoms with van der Waals surface area (Å²) in [4.78, 5) is 12.6. The second kappa shape index (κ2) is 12.9. The first-order valence-corrected chi connectivity index (χ1v) is 12.0. The molecule has 3 rings (SSSR count). The van der Waals surface area contributed by atoms with Crippen LogP contribution in [0.1, 0.15) is 35.3 Å². The molecular formula is C26H26FIN2O5. The first kappa shape index (κ1) is 26.3. The van der Waals surface area contributed by atoms with Crippen molar-refractivity contribution in [3.8, 4) is 23.0 Å². The summed E-state index contributed by atoms with van der Waals surface area (Å²) in [6.07, 6.45) is 1.51. The van der Waals surface area contributed by atoms with Gasteiger partial charge in [0.25, 0.3) is 5.91 Å². The molecule has 35 heavy (non-hydrogen) atoms. The lowest BCUT2D eigenvalue weighted by Gasteiger charge is -2.13. The summed E-state index contributed by atoms with van der Waals surface area (Å²) in [6.45, 7) is 4.88. The lowest BCUT2D eigenvalue weighted by molar-refractivity contribution is 0.0954. The van der Waals surface area contributed by atoms with Crippen LogP contribution in [0.2, 0.25) is 0 Å². The van der Waals surface area contributed by atoms with E-state index in [1.807, 2.05) is 19.9 Å². The number of hydrogen-bond acceptors (Lipinski definition) is 6. The maximum Gasteiger partial charge on any atom is 0.271 e. The van der Waals surface area contributed by atoms with E-state index in [0.29, 0.717) is 52.9 Å². The first-order valence-electron chi connectivity index (χ1n) is 10.9. The molecule has 0 aliphatic heterocycles. The highest BCUT2D eigenvalue weighted by atomic mass is 127. The number of nitrogens with zero attached hydrogens (tertiary/aromatic N) is 1. The summed E-state index contributed by atoms with van der Waals surface area (Å²) >= 11 is 2.13. The molecule has 1 amide bonds. The third-order valence-electron chi connectivity index (χ3n) is 4.71. The van der Waals surface area contributed by atoms with Gasteiger partial charge < -0.3 is 18.9 Å². The molecule has 0 bridgehead atoms. The number of ether oxygens (including phenoxy) is 4. The largest absolute Gasteiger partial charge is 0.493 e. The van der Waals surface area contributed by atoms with Gasteiger partial charge in [0.1, 0.15) is 12.4 Å². The Morgan fingerprint density at radius 2 is 1.77 bits per heavy atom. The zero-order chi connectivity index (χ0) is 25.2. The molecule has 184 valence electrons. The van der Waals surface area contributed by atoms with E-state index in [9.17, 15) is 9.18 Å². The molecule has 9 heteroatoms. The molecule has 0 aliphatic carbocycles. The number of methoxy groups -OCH3 is 1. The van der Waals surface area contributed by atoms with Crippen LogP contribution in [0.15, 0.2) is 59.7 Å². The summed E-state index contributed by atoms with van der Waals surface area (Å²) in [5.41, 5.74) is 4.31. The van der Waals surface area contributed by atoms with Crippen molar-refractivity contribution >= 4 is 34.7 Å². The van der Waals surface area contributed by atoms with Crippen molar-refractivity contribution in [1.29, 1.82) is 0 Å². The highest BCUT2D eigenvalue weighted by Gasteiger charge is 2.13. The summed E-state index contributed by atoms with van der Waals surface area (Å²) in [5, 5.41) is 4.06. The zero-order valence-corrected chi connectivity index (χ0v) is 21.8. The second-order valence-corrected chi connectivity index (χ2v) is 8.34. The fourth-order valence-corrected chi connectivity index (χ4v) is 3.94. The Morgan fingerprint density at radius 3 is 2.49 bits per heavy atom. The van der Waals surface area contributed by atoms with Crippen LogP contribution >= 0.6 is 22.6 Å². The maximum absolute atomic E-state index is 13.4. The molecule has 3 aromatic rings. The molecule has 0 atom stereocenters. The smallest absolute Gasteiger partial charge is 0.271 e. The Balaban J connectivity index is 1.69. The van der Waals surface area contributed by atoms with Gasteiger partial charge in [-0.05, 0) is 90.0 Å². The monoisotopic (exact) mass is 592 g/mol. The maximum atomic E-state index is 13.4. The molecule has 0 aromatic heterocycles. The van der Waals surface area contributed by atoms with E-state index in [1.165, 1.54) is 25.5 Å². The van der Waals surface area contributed by atoms with E-state index < -0.39 is 0 Å². The Morgan fingerprint density at radius 1 is 1.00 bits per heavy atom. The molecule has 0 fully saturated rings. The molecule has 1 N–H and O–H groups in total. The quantitative estimate of drug-likeness (QED) is 0.179. The van der Waals surface area contributed by atoms with Crippen LogP contribution in [0.5, 0.6) is 23.0 Å². The molecule has 0 radical (unpaired) electrons. The van der Waals surface area contributed by atoms with E-state index in [4.69, 9.17) is 18.9 Å². The summed E-state index contributed by atoms with van der Waals surface area (Å²) in [6, 6.07) is 14.8. The van der Waals surface area contributed by atoms with Crippen LogP contribution < -0.4 is 24.4 Å². The van der Waals surface area contributed by atoms with Gasteiger partial charge in [-0.1, -0.05) is 12.1 Å². The Kier molecular flexibility index (Phi) is 9.71. The number of hydrogen-bond donors (Lipinski definition) is 1. The Hall–Kier alpha value is -3.34. The van der Waals surface area contributed by atoms with Crippen molar-refractivity contribution in [3.05, 3.63) is 80.7 Å². The van der Waals surface area contributed by atoms with Crippen molar-refractivity contribution in [2.24, 2.45) is 5.10 Å². The van der Waals surface area contributed by atoms with Gasteiger partial charge in [0, 0.05) is 5.56 Å². The van der Waals surface area contributed by atoms with Gasteiger partial charge in [-0.15, -0.1) is 0 Å². The molecule has 0 unspecified atom stereocenters. The van der Waals surface area contributed by atoms with Crippen molar-refractivity contribution < 1.29 is 28.1 Å². The topological polar surface area (TPSA) is 78.4 Å². The number of carbonyl (C=O) groups excluding carboxylic acids is 1. The standard InChI is InChI=1S/C26H26FIN2O5/c1-4-33-22-10-9-19(14-23(22)34-5-2)26(31)30-29-15-18-12-21(28)25(24(13-18)32-3)35-16-17-7-6-8-20(27)11-17/h6-15H,4-5,16H2,1-3H3,(H,30,31)/b29-15+. The third kappa shape index (κ3) is 7.32. The number of hydrazone groups is 1. The zero-order valence-electron chi connectivity index (χ0n) is 19.6. The van der Waals surface area contributed by atoms with Crippen molar-refractivity contribution in [2.45, 2.75) is 20.5 Å². The van der Waals surface area contributed by atoms with Gasteiger partial charge >= 0.3 is 0 Å². The van der Waals surface area contributed by atoms with Crippen LogP contribution in [-0.2, 0) is 6.61 Å². The molecule has 0 saturated carbocycles. The minimum Gasteiger partial charge on any atom is -0.493 e. The SMILES string of the molecule is CCOc1ccc(C(=O)N/N=C/c2cc(I)c(OCc3cccc(F)c3)c(OC)c2)cc1OCC. The Labute approximate surface area is 217 Å². The third-order valence-corrected chi connectivity index (χ3v) is 5.51. The van der Waals surface area contributed by atoms with Gasteiger partial charge in [0.05, 0.1) is 30.1 Å². The van der Waals surface area contributed by atoms with Crippen LogP contribution in [0, 0.1) is 9.39 Å².